The van der Waals surface area contributed by atoms with Crippen molar-refractivity contribution in [2.24, 2.45) is 0 Å². The van der Waals surface area contributed by atoms with Crippen molar-refractivity contribution in [2.75, 3.05) is 7.05 Å². The number of nitrogens with one attached hydrogen (secondary N) is 1. The van der Waals surface area contributed by atoms with Gasteiger partial charge in [0.2, 0.25) is 5.88 Å². The Balaban J connectivity index is 2.30. The number of hydrogen-bond donors (Lipinski definition) is 1. The predicted molar refractivity (Wildman–Crippen MR) is 79.6 cm³/mol. The van der Waals surface area contributed by atoms with Crippen LogP contribution in [0.1, 0.15) is 16.7 Å². The quantitative estimate of drug-likeness (QED) is 0.675. The molecule has 0 aliphatic carbocycles. The van der Waals surface area contributed by atoms with Gasteiger partial charge in [-0.15, -0.1) is 0 Å². The first-order chi connectivity index (χ1) is 10.0. The highest BCUT2D eigenvalue weighted by Crippen LogP contribution is 2.31. The smallest absolute Gasteiger partial charge is 0.276 e. The van der Waals surface area contributed by atoms with Gasteiger partial charge in [-0.3, -0.25) is 10.1 Å². The van der Waals surface area contributed by atoms with E-state index in [1.807, 2.05) is 20.0 Å². The SMILES string of the molecule is CNCc1cnc(Oc2cccc([N+](=O)[O-])c2C)c(C)c1. The minimum atomic E-state index is -0.418. The van der Waals surface area contributed by atoms with Crippen molar-refractivity contribution >= 4 is 5.69 Å². The summed E-state index contributed by atoms with van der Waals surface area (Å²) in [5.41, 5.74) is 2.46. The number of benzene rings is 1. The maximum Gasteiger partial charge on any atom is 0.276 e. The van der Waals surface area contributed by atoms with Crippen LogP contribution in [0.2, 0.25) is 0 Å². The molecule has 0 radical (unpaired) electrons. The molecule has 0 amide bonds. The van der Waals surface area contributed by atoms with E-state index < -0.39 is 4.92 Å². The van der Waals surface area contributed by atoms with E-state index in [0.717, 1.165) is 17.7 Å². The second-order valence-electron chi connectivity index (χ2n) is 4.76. The van der Waals surface area contributed by atoms with Crippen LogP contribution in [0.5, 0.6) is 11.6 Å². The van der Waals surface area contributed by atoms with Gasteiger partial charge in [-0.2, -0.15) is 0 Å². The van der Waals surface area contributed by atoms with Crippen molar-refractivity contribution in [3.05, 3.63) is 57.3 Å². The van der Waals surface area contributed by atoms with E-state index in [0.29, 0.717) is 17.2 Å². The minimum Gasteiger partial charge on any atom is -0.438 e. The third-order valence-electron chi connectivity index (χ3n) is 3.13. The third kappa shape index (κ3) is 3.35. The third-order valence-corrected chi connectivity index (χ3v) is 3.13. The van der Waals surface area contributed by atoms with Gasteiger partial charge in [-0.05, 0) is 38.6 Å². The van der Waals surface area contributed by atoms with Crippen molar-refractivity contribution < 1.29 is 9.66 Å². The number of pyridine rings is 1. The van der Waals surface area contributed by atoms with Crippen molar-refractivity contribution in [2.45, 2.75) is 20.4 Å². The highest BCUT2D eigenvalue weighted by Gasteiger charge is 2.15. The number of hydrogen-bond acceptors (Lipinski definition) is 5. The van der Waals surface area contributed by atoms with Gasteiger partial charge in [0.15, 0.2) is 0 Å². The summed E-state index contributed by atoms with van der Waals surface area (Å²) in [6.07, 6.45) is 1.73. The van der Waals surface area contributed by atoms with Crippen LogP contribution in [0.25, 0.3) is 0 Å². The van der Waals surface area contributed by atoms with Crippen LogP contribution >= 0.6 is 0 Å². The fraction of sp³-hybridized carbons (Fsp3) is 0.267. The molecule has 0 aliphatic heterocycles. The van der Waals surface area contributed by atoms with Gasteiger partial charge in [0.05, 0.1) is 10.5 Å². The molecule has 0 saturated carbocycles. The van der Waals surface area contributed by atoms with Crippen LogP contribution in [0.4, 0.5) is 5.69 Å². The molecule has 0 bridgehead atoms. The van der Waals surface area contributed by atoms with Crippen LogP contribution < -0.4 is 10.1 Å². The summed E-state index contributed by atoms with van der Waals surface area (Å²) >= 11 is 0. The molecule has 0 unspecified atom stereocenters. The van der Waals surface area contributed by atoms with E-state index in [1.165, 1.54) is 6.07 Å². The Hall–Kier alpha value is -2.47. The van der Waals surface area contributed by atoms with Crippen LogP contribution in [0.15, 0.2) is 30.5 Å². The Labute approximate surface area is 122 Å². The molecule has 1 heterocycles. The summed E-state index contributed by atoms with van der Waals surface area (Å²) in [4.78, 5) is 14.8. The highest BCUT2D eigenvalue weighted by molar-refractivity contribution is 5.49. The highest BCUT2D eigenvalue weighted by atomic mass is 16.6. The Bertz CT molecular complexity index is 671. The van der Waals surface area contributed by atoms with Gasteiger partial charge in [0, 0.05) is 24.4 Å². The Morgan fingerprint density at radius 1 is 1.38 bits per heavy atom. The minimum absolute atomic E-state index is 0.0388. The van der Waals surface area contributed by atoms with Crippen LogP contribution in [-0.2, 0) is 6.54 Å². The zero-order valence-corrected chi connectivity index (χ0v) is 12.2. The summed E-state index contributed by atoms with van der Waals surface area (Å²) in [6, 6.07) is 6.74. The molecule has 0 saturated heterocycles. The Morgan fingerprint density at radius 3 is 2.76 bits per heavy atom. The number of aryl methyl sites for hydroxylation is 1. The molecule has 0 atom stereocenters. The van der Waals surface area contributed by atoms with E-state index in [4.69, 9.17) is 4.74 Å². The molecule has 0 aliphatic rings. The normalized spacial score (nSPS) is 10.4. The summed E-state index contributed by atoms with van der Waals surface area (Å²) < 4.78 is 5.73. The van der Waals surface area contributed by atoms with Crippen molar-refractivity contribution in [3.63, 3.8) is 0 Å². The standard InChI is InChI=1S/C15H17N3O3/c1-10-7-12(8-16-3)9-17-15(10)21-14-6-4-5-13(11(14)2)18(19)20/h4-7,9,16H,8H2,1-3H3. The van der Waals surface area contributed by atoms with Crippen molar-refractivity contribution in [1.82, 2.24) is 10.3 Å². The average Bonchev–Trinajstić information content (AvgIpc) is 2.44. The Kier molecular flexibility index (Phi) is 4.49. The molecule has 2 rings (SSSR count). The lowest BCUT2D eigenvalue weighted by Crippen LogP contribution is -2.06. The number of nitrogens with zero attached hydrogens (tertiary/aromatic N) is 2. The fourth-order valence-electron chi connectivity index (χ4n) is 2.04. The molecule has 110 valence electrons. The molecule has 6 heteroatoms. The second-order valence-corrected chi connectivity index (χ2v) is 4.76. The first kappa shape index (κ1) is 14.9. The van der Waals surface area contributed by atoms with Gasteiger partial charge in [-0.25, -0.2) is 4.98 Å². The molecular weight excluding hydrogens is 270 g/mol. The van der Waals surface area contributed by atoms with Crippen LogP contribution in [0.3, 0.4) is 0 Å². The number of rotatable bonds is 5. The van der Waals surface area contributed by atoms with Gasteiger partial charge in [0.25, 0.3) is 5.69 Å². The van der Waals surface area contributed by atoms with Gasteiger partial charge in [0.1, 0.15) is 5.75 Å². The van der Waals surface area contributed by atoms with Gasteiger partial charge in [-0.1, -0.05) is 6.07 Å². The summed E-state index contributed by atoms with van der Waals surface area (Å²) in [5.74, 6) is 0.902. The molecule has 1 N–H and O–H groups in total. The predicted octanol–water partition coefficient (Wildman–Crippen LogP) is 3.12. The zero-order chi connectivity index (χ0) is 15.4. The lowest BCUT2D eigenvalue weighted by molar-refractivity contribution is -0.385. The lowest BCUT2D eigenvalue weighted by Gasteiger charge is -2.11. The van der Waals surface area contributed by atoms with Crippen LogP contribution in [0, 0.1) is 24.0 Å². The summed E-state index contributed by atoms with van der Waals surface area (Å²) in [7, 11) is 1.87. The molecular formula is C15H17N3O3. The lowest BCUT2D eigenvalue weighted by atomic mass is 10.2. The molecule has 0 fully saturated rings. The molecule has 2 aromatic rings. The van der Waals surface area contributed by atoms with E-state index in [1.54, 1.807) is 25.3 Å². The largest absolute Gasteiger partial charge is 0.438 e. The second kappa shape index (κ2) is 6.32. The maximum atomic E-state index is 10.9. The molecule has 1 aromatic heterocycles. The number of nitro benzene ring substituents is 1. The molecule has 21 heavy (non-hydrogen) atoms. The van der Waals surface area contributed by atoms with Crippen molar-refractivity contribution in [1.29, 1.82) is 0 Å². The van der Waals surface area contributed by atoms with E-state index in [2.05, 4.69) is 10.3 Å². The summed E-state index contributed by atoms with van der Waals surface area (Å²) in [6.45, 7) is 4.29. The average molecular weight is 287 g/mol. The number of aromatic nitrogens is 1. The zero-order valence-electron chi connectivity index (χ0n) is 12.2. The number of ether oxygens (including phenoxy) is 1. The van der Waals surface area contributed by atoms with E-state index in [9.17, 15) is 10.1 Å². The van der Waals surface area contributed by atoms with E-state index >= 15 is 0 Å². The maximum absolute atomic E-state index is 10.9. The van der Waals surface area contributed by atoms with Crippen molar-refractivity contribution in [3.8, 4) is 11.6 Å². The topological polar surface area (TPSA) is 77.3 Å². The molecule has 6 nitrogen and oxygen atoms in total. The molecule has 0 spiro atoms. The van der Waals surface area contributed by atoms with Crippen LogP contribution in [-0.4, -0.2) is 17.0 Å². The molecule has 1 aromatic carbocycles. The monoisotopic (exact) mass is 287 g/mol. The van der Waals surface area contributed by atoms with Gasteiger partial charge < -0.3 is 10.1 Å². The van der Waals surface area contributed by atoms with Gasteiger partial charge >= 0.3 is 0 Å². The summed E-state index contributed by atoms with van der Waals surface area (Å²) in [5, 5.41) is 14.0. The van der Waals surface area contributed by atoms with E-state index in [-0.39, 0.29) is 5.69 Å². The first-order valence-electron chi connectivity index (χ1n) is 6.55. The fourth-order valence-corrected chi connectivity index (χ4v) is 2.04. The number of nitro groups is 1. The Morgan fingerprint density at radius 2 is 2.14 bits per heavy atom. The first-order valence-corrected chi connectivity index (χ1v) is 6.55.